The van der Waals surface area contributed by atoms with Gasteiger partial charge in [-0.1, -0.05) is 42.5 Å². The van der Waals surface area contributed by atoms with E-state index in [1.54, 1.807) is 41.0 Å². The molecule has 0 aliphatic carbocycles. The molecule has 2 atom stereocenters. The van der Waals surface area contributed by atoms with Crippen LogP contribution in [0.15, 0.2) is 78.0 Å². The summed E-state index contributed by atoms with van der Waals surface area (Å²) in [7, 11) is -3.73. The quantitative estimate of drug-likeness (QED) is 0.628. The second kappa shape index (κ2) is 8.28. The number of aromatic nitrogens is 2. The van der Waals surface area contributed by atoms with Gasteiger partial charge in [0.25, 0.3) is 0 Å². The van der Waals surface area contributed by atoms with Gasteiger partial charge in [0.2, 0.25) is 16.0 Å². The Morgan fingerprint density at radius 3 is 2.42 bits per heavy atom. The number of hydrogen-bond acceptors (Lipinski definition) is 6. The summed E-state index contributed by atoms with van der Waals surface area (Å²) in [5, 5.41) is 0. The molecule has 0 spiro atoms. The monoisotopic (exact) mass is 436 g/mol. The Balaban J connectivity index is 1.54. The van der Waals surface area contributed by atoms with Crippen LogP contribution >= 0.6 is 0 Å². The summed E-state index contributed by atoms with van der Waals surface area (Å²) in [6.07, 6.45) is 4.51. The number of nitrogens with zero attached hydrogens (tertiary/aromatic N) is 4. The standard InChI is InChI=1S/C23H24N4O3S/c28-31(29)22-10-5-4-9-21(22)30-20-12-16-26(23-24-13-6-14-25-23)15-11-19(20)27(31)17-18-7-2-1-3-8-18/h1-10,13-14,19-20H,11-12,15-17H2/t19-,20-/m1/s1. The third kappa shape index (κ3) is 3.88. The van der Waals surface area contributed by atoms with Gasteiger partial charge in [-0.15, -0.1) is 0 Å². The van der Waals surface area contributed by atoms with Crippen LogP contribution in [0, 0.1) is 0 Å². The van der Waals surface area contributed by atoms with E-state index in [-0.39, 0.29) is 17.0 Å². The molecule has 2 aromatic carbocycles. The minimum atomic E-state index is -3.73. The van der Waals surface area contributed by atoms with Crippen molar-refractivity contribution in [3.05, 3.63) is 78.6 Å². The van der Waals surface area contributed by atoms with Gasteiger partial charge in [0, 0.05) is 38.4 Å². The summed E-state index contributed by atoms with van der Waals surface area (Å²) in [5.41, 5.74) is 0.955. The predicted molar refractivity (Wildman–Crippen MR) is 117 cm³/mol. The van der Waals surface area contributed by atoms with Gasteiger partial charge >= 0.3 is 0 Å². The van der Waals surface area contributed by atoms with Gasteiger partial charge in [0.05, 0.1) is 6.04 Å². The lowest BCUT2D eigenvalue weighted by Gasteiger charge is -2.31. The summed E-state index contributed by atoms with van der Waals surface area (Å²) in [6, 6.07) is 18.2. The summed E-state index contributed by atoms with van der Waals surface area (Å²) >= 11 is 0. The summed E-state index contributed by atoms with van der Waals surface area (Å²) in [5.74, 6) is 1.09. The van der Waals surface area contributed by atoms with Crippen LogP contribution in [0.5, 0.6) is 5.75 Å². The highest BCUT2D eigenvalue weighted by Gasteiger charge is 2.43. The normalized spacial score (nSPS) is 23.0. The van der Waals surface area contributed by atoms with Crippen LogP contribution in [0.3, 0.4) is 0 Å². The molecule has 8 heteroatoms. The zero-order valence-corrected chi connectivity index (χ0v) is 17.9. The number of ether oxygens (including phenoxy) is 1. The minimum absolute atomic E-state index is 0.238. The number of fused-ring (bicyclic) bond motifs is 2. The van der Waals surface area contributed by atoms with Crippen molar-refractivity contribution in [2.45, 2.75) is 36.4 Å². The molecule has 3 heterocycles. The number of hydrogen-bond donors (Lipinski definition) is 0. The zero-order valence-electron chi connectivity index (χ0n) is 17.0. The molecule has 1 fully saturated rings. The van der Waals surface area contributed by atoms with Crippen molar-refractivity contribution in [1.29, 1.82) is 0 Å². The highest BCUT2D eigenvalue weighted by Crippen LogP contribution is 2.37. The molecule has 5 rings (SSSR count). The van der Waals surface area contributed by atoms with Gasteiger partial charge in [0.1, 0.15) is 16.7 Å². The van der Waals surface area contributed by atoms with E-state index < -0.39 is 10.0 Å². The Labute approximate surface area is 182 Å². The van der Waals surface area contributed by atoms with Crippen LogP contribution in [0.2, 0.25) is 0 Å². The molecule has 0 amide bonds. The van der Waals surface area contributed by atoms with Crippen molar-refractivity contribution >= 4 is 16.0 Å². The fourth-order valence-electron chi connectivity index (χ4n) is 4.38. The number of para-hydroxylation sites is 1. The molecule has 2 aliphatic rings. The molecule has 1 saturated heterocycles. The van der Waals surface area contributed by atoms with E-state index >= 15 is 0 Å². The molecule has 0 bridgehead atoms. The number of benzene rings is 2. The lowest BCUT2D eigenvalue weighted by molar-refractivity contribution is 0.111. The highest BCUT2D eigenvalue weighted by molar-refractivity contribution is 7.89. The van der Waals surface area contributed by atoms with Crippen molar-refractivity contribution < 1.29 is 13.2 Å². The lowest BCUT2D eigenvalue weighted by Crippen LogP contribution is -2.46. The third-order valence-corrected chi connectivity index (χ3v) is 7.82. The fourth-order valence-corrected chi connectivity index (χ4v) is 6.17. The average molecular weight is 437 g/mol. The van der Waals surface area contributed by atoms with E-state index in [4.69, 9.17) is 4.74 Å². The Morgan fingerprint density at radius 2 is 1.61 bits per heavy atom. The van der Waals surface area contributed by atoms with Gasteiger partial charge in [-0.05, 0) is 30.2 Å². The first-order valence-corrected chi connectivity index (χ1v) is 11.9. The van der Waals surface area contributed by atoms with E-state index in [2.05, 4.69) is 14.9 Å². The predicted octanol–water partition coefficient (Wildman–Crippen LogP) is 3.10. The topological polar surface area (TPSA) is 75.6 Å². The molecular formula is C23H24N4O3S. The average Bonchev–Trinajstić information content (AvgIpc) is 3.05. The SMILES string of the molecule is O=S1(=O)c2ccccc2O[C@@H]2CCN(c3ncccn3)CC[C@H]2N1Cc1ccccc1. The zero-order chi connectivity index (χ0) is 21.3. The van der Waals surface area contributed by atoms with E-state index in [0.717, 1.165) is 5.56 Å². The van der Waals surface area contributed by atoms with Crippen molar-refractivity contribution in [3.8, 4) is 5.75 Å². The maximum absolute atomic E-state index is 13.8. The van der Waals surface area contributed by atoms with Crippen molar-refractivity contribution in [2.75, 3.05) is 18.0 Å². The van der Waals surface area contributed by atoms with Crippen LogP contribution in [0.1, 0.15) is 18.4 Å². The molecular weight excluding hydrogens is 412 g/mol. The van der Waals surface area contributed by atoms with Crippen molar-refractivity contribution in [3.63, 3.8) is 0 Å². The van der Waals surface area contributed by atoms with Crippen LogP contribution < -0.4 is 9.64 Å². The Kier molecular flexibility index (Phi) is 5.33. The summed E-state index contributed by atoms with van der Waals surface area (Å²) in [6.45, 7) is 1.67. The molecule has 2 aliphatic heterocycles. The van der Waals surface area contributed by atoms with Gasteiger partial charge in [-0.25, -0.2) is 18.4 Å². The maximum atomic E-state index is 13.8. The van der Waals surface area contributed by atoms with Crippen molar-refractivity contribution in [2.24, 2.45) is 0 Å². The third-order valence-electron chi connectivity index (χ3n) is 5.91. The molecule has 31 heavy (non-hydrogen) atoms. The molecule has 0 radical (unpaired) electrons. The first kappa shape index (κ1) is 20.0. The van der Waals surface area contributed by atoms with Gasteiger partial charge < -0.3 is 9.64 Å². The first-order chi connectivity index (χ1) is 15.1. The van der Waals surface area contributed by atoms with Gasteiger partial charge in [-0.3, -0.25) is 0 Å². The largest absolute Gasteiger partial charge is 0.487 e. The Hall–Kier alpha value is -2.97. The molecule has 3 aromatic rings. The van der Waals surface area contributed by atoms with Gasteiger partial charge in [0.15, 0.2) is 0 Å². The molecule has 0 saturated carbocycles. The minimum Gasteiger partial charge on any atom is -0.487 e. The fraction of sp³-hybridized carbons (Fsp3) is 0.304. The smallest absolute Gasteiger partial charge is 0.247 e. The molecule has 7 nitrogen and oxygen atoms in total. The van der Waals surface area contributed by atoms with Gasteiger partial charge in [-0.2, -0.15) is 4.31 Å². The summed E-state index contributed by atoms with van der Waals surface area (Å²) in [4.78, 5) is 11.1. The van der Waals surface area contributed by atoms with Crippen molar-refractivity contribution in [1.82, 2.24) is 14.3 Å². The maximum Gasteiger partial charge on any atom is 0.247 e. The van der Waals surface area contributed by atoms with Crippen LogP contribution in [0.25, 0.3) is 0 Å². The van der Waals surface area contributed by atoms with Crippen LogP contribution in [-0.4, -0.2) is 47.9 Å². The molecule has 0 unspecified atom stereocenters. The molecule has 1 aromatic heterocycles. The molecule has 0 N–H and O–H groups in total. The second-order valence-electron chi connectivity index (χ2n) is 7.82. The number of rotatable bonds is 3. The summed E-state index contributed by atoms with van der Waals surface area (Å²) < 4.78 is 35.5. The van der Waals surface area contributed by atoms with Crippen LogP contribution in [-0.2, 0) is 16.6 Å². The lowest BCUT2D eigenvalue weighted by atomic mass is 10.1. The number of anilines is 1. The Bertz CT molecular complexity index is 1140. The first-order valence-electron chi connectivity index (χ1n) is 10.5. The van der Waals surface area contributed by atoms with E-state index in [1.807, 2.05) is 36.4 Å². The van der Waals surface area contributed by atoms with Crippen LogP contribution in [0.4, 0.5) is 5.95 Å². The van der Waals surface area contributed by atoms with E-state index in [9.17, 15) is 8.42 Å². The Morgan fingerprint density at radius 1 is 0.903 bits per heavy atom. The van der Waals surface area contributed by atoms with E-state index in [1.165, 1.54) is 0 Å². The highest BCUT2D eigenvalue weighted by atomic mass is 32.2. The van der Waals surface area contributed by atoms with E-state index in [0.29, 0.717) is 44.2 Å². The second-order valence-corrected chi connectivity index (χ2v) is 9.68. The molecule has 160 valence electrons. The number of sulfonamides is 1.